The Morgan fingerprint density at radius 1 is 1.13 bits per heavy atom. The Balaban J connectivity index is 1.70. The van der Waals surface area contributed by atoms with Gasteiger partial charge in [0.15, 0.2) is 0 Å². The number of nitrogens with one attached hydrogen (secondary N) is 2. The third kappa shape index (κ3) is 4.38. The number of benzene rings is 2. The van der Waals surface area contributed by atoms with Gasteiger partial charge in [0.2, 0.25) is 5.91 Å². The van der Waals surface area contributed by atoms with Crippen LogP contribution in [-0.2, 0) is 26.8 Å². The highest BCUT2D eigenvalue weighted by Gasteiger charge is 2.37. The Morgan fingerprint density at radius 3 is 2.43 bits per heavy atom. The minimum absolute atomic E-state index is 0.101. The Bertz CT molecular complexity index is 1100. The average molecular weight is 427 g/mol. The SMILES string of the molecule is CC(=O)NCc1ccc(S(=O)(=O)N/N=C\C=C2/N(C)c3ccccc3C2(C)C)cc1. The molecule has 158 valence electrons. The van der Waals surface area contributed by atoms with Crippen LogP contribution in [0.4, 0.5) is 5.69 Å². The minimum atomic E-state index is -3.78. The fourth-order valence-corrected chi connectivity index (χ4v) is 4.37. The summed E-state index contributed by atoms with van der Waals surface area (Å²) in [6.07, 6.45) is 3.28. The van der Waals surface area contributed by atoms with Gasteiger partial charge in [0, 0.05) is 43.5 Å². The van der Waals surface area contributed by atoms with Crippen molar-refractivity contribution in [3.8, 4) is 0 Å². The van der Waals surface area contributed by atoms with Crippen molar-refractivity contribution in [2.24, 2.45) is 5.10 Å². The molecule has 0 aromatic heterocycles. The van der Waals surface area contributed by atoms with Gasteiger partial charge in [0.1, 0.15) is 0 Å². The van der Waals surface area contributed by atoms with E-state index in [1.165, 1.54) is 30.8 Å². The zero-order valence-corrected chi connectivity index (χ0v) is 18.3. The Kier molecular flexibility index (Phi) is 5.98. The van der Waals surface area contributed by atoms with Crippen LogP contribution in [0.3, 0.4) is 0 Å². The van der Waals surface area contributed by atoms with Gasteiger partial charge in [-0.1, -0.05) is 44.2 Å². The van der Waals surface area contributed by atoms with Crippen molar-refractivity contribution in [3.05, 3.63) is 71.4 Å². The molecular weight excluding hydrogens is 400 g/mol. The molecule has 7 nitrogen and oxygen atoms in total. The molecule has 8 heteroatoms. The van der Waals surface area contributed by atoms with E-state index in [2.05, 4.69) is 46.1 Å². The van der Waals surface area contributed by atoms with Crippen molar-refractivity contribution in [2.75, 3.05) is 11.9 Å². The Labute approximate surface area is 177 Å². The van der Waals surface area contributed by atoms with Crippen LogP contribution in [0.5, 0.6) is 0 Å². The van der Waals surface area contributed by atoms with Crippen molar-refractivity contribution in [2.45, 2.75) is 37.6 Å². The van der Waals surface area contributed by atoms with E-state index in [0.29, 0.717) is 6.54 Å². The van der Waals surface area contributed by atoms with Gasteiger partial charge in [-0.2, -0.15) is 13.5 Å². The van der Waals surface area contributed by atoms with Crippen LogP contribution in [0, 0.1) is 0 Å². The lowest BCUT2D eigenvalue weighted by atomic mass is 9.84. The molecule has 0 radical (unpaired) electrons. The van der Waals surface area contributed by atoms with Gasteiger partial charge in [0.25, 0.3) is 10.0 Å². The summed E-state index contributed by atoms with van der Waals surface area (Å²) in [6.45, 7) is 6.03. The fraction of sp³-hybridized carbons (Fsp3) is 0.273. The first-order valence-electron chi connectivity index (χ1n) is 9.55. The van der Waals surface area contributed by atoms with Gasteiger partial charge in [0.05, 0.1) is 4.90 Å². The molecule has 3 rings (SSSR count). The van der Waals surface area contributed by atoms with Crippen LogP contribution >= 0.6 is 0 Å². The molecule has 2 aromatic carbocycles. The molecule has 30 heavy (non-hydrogen) atoms. The first-order valence-corrected chi connectivity index (χ1v) is 11.0. The number of para-hydroxylation sites is 1. The number of hydrogen-bond donors (Lipinski definition) is 2. The molecule has 2 N–H and O–H groups in total. The normalized spacial score (nSPS) is 16.7. The number of carbonyl (C=O) groups excluding carboxylic acids is 1. The lowest BCUT2D eigenvalue weighted by Gasteiger charge is -2.23. The van der Waals surface area contributed by atoms with Crippen LogP contribution < -0.4 is 15.0 Å². The number of fused-ring (bicyclic) bond motifs is 1. The van der Waals surface area contributed by atoms with Crippen LogP contribution in [0.2, 0.25) is 0 Å². The molecule has 0 unspecified atom stereocenters. The molecule has 2 aromatic rings. The number of allylic oxidation sites excluding steroid dienone is 2. The van der Waals surface area contributed by atoms with Gasteiger partial charge < -0.3 is 10.2 Å². The molecule has 0 atom stereocenters. The van der Waals surface area contributed by atoms with E-state index in [4.69, 9.17) is 0 Å². The molecule has 0 aliphatic carbocycles. The topological polar surface area (TPSA) is 90.9 Å². The summed E-state index contributed by atoms with van der Waals surface area (Å²) >= 11 is 0. The first-order chi connectivity index (χ1) is 14.1. The Hall–Kier alpha value is -3.13. The zero-order chi connectivity index (χ0) is 21.9. The maximum absolute atomic E-state index is 12.5. The highest BCUT2D eigenvalue weighted by molar-refractivity contribution is 7.89. The number of rotatable bonds is 6. The number of hydrazone groups is 1. The van der Waals surface area contributed by atoms with E-state index in [0.717, 1.165) is 16.9 Å². The summed E-state index contributed by atoms with van der Waals surface area (Å²) in [7, 11) is -1.79. The molecule has 1 aliphatic rings. The summed E-state index contributed by atoms with van der Waals surface area (Å²) in [5, 5.41) is 6.57. The predicted octanol–water partition coefficient (Wildman–Crippen LogP) is 2.90. The van der Waals surface area contributed by atoms with E-state index in [1.807, 2.05) is 25.3 Å². The third-order valence-electron chi connectivity index (χ3n) is 5.20. The molecule has 1 amide bonds. The summed E-state index contributed by atoms with van der Waals surface area (Å²) in [5.74, 6) is -0.143. The molecule has 0 bridgehead atoms. The second kappa shape index (κ2) is 8.31. The summed E-state index contributed by atoms with van der Waals surface area (Å²) in [5.41, 5.74) is 3.96. The quantitative estimate of drug-likeness (QED) is 0.549. The monoisotopic (exact) mass is 426 g/mol. The smallest absolute Gasteiger partial charge is 0.276 e. The van der Waals surface area contributed by atoms with Crippen LogP contribution in [0.1, 0.15) is 31.9 Å². The van der Waals surface area contributed by atoms with Gasteiger partial charge >= 0.3 is 0 Å². The van der Waals surface area contributed by atoms with Crippen molar-refractivity contribution >= 4 is 27.8 Å². The van der Waals surface area contributed by atoms with Crippen molar-refractivity contribution in [1.29, 1.82) is 0 Å². The minimum Gasteiger partial charge on any atom is -0.352 e. The summed E-state index contributed by atoms with van der Waals surface area (Å²) in [4.78, 5) is 15.4. The van der Waals surface area contributed by atoms with Gasteiger partial charge in [-0.3, -0.25) is 4.79 Å². The van der Waals surface area contributed by atoms with Crippen LogP contribution in [-0.4, -0.2) is 27.6 Å². The largest absolute Gasteiger partial charge is 0.352 e. The number of hydrogen-bond acceptors (Lipinski definition) is 5. The number of amides is 1. The molecule has 0 spiro atoms. The van der Waals surface area contributed by atoms with Gasteiger partial charge in [-0.05, 0) is 35.4 Å². The zero-order valence-electron chi connectivity index (χ0n) is 17.5. The van der Waals surface area contributed by atoms with Crippen molar-refractivity contribution < 1.29 is 13.2 Å². The molecule has 0 saturated heterocycles. The van der Waals surface area contributed by atoms with E-state index in [-0.39, 0.29) is 16.2 Å². The van der Waals surface area contributed by atoms with Crippen molar-refractivity contribution in [1.82, 2.24) is 10.1 Å². The van der Waals surface area contributed by atoms with Gasteiger partial charge in [-0.15, -0.1) is 0 Å². The highest BCUT2D eigenvalue weighted by Crippen LogP contribution is 2.46. The van der Waals surface area contributed by atoms with Gasteiger partial charge in [-0.25, -0.2) is 4.83 Å². The van der Waals surface area contributed by atoms with E-state index >= 15 is 0 Å². The van der Waals surface area contributed by atoms with Crippen LogP contribution in [0.15, 0.2) is 70.3 Å². The van der Waals surface area contributed by atoms with E-state index in [9.17, 15) is 13.2 Å². The number of likely N-dealkylation sites (N-methyl/N-ethyl adjacent to an activating group) is 1. The molecule has 1 aliphatic heterocycles. The molecule has 0 saturated carbocycles. The predicted molar refractivity (Wildman–Crippen MR) is 119 cm³/mol. The van der Waals surface area contributed by atoms with Crippen LogP contribution in [0.25, 0.3) is 0 Å². The summed E-state index contributed by atoms with van der Waals surface area (Å²) in [6, 6.07) is 14.5. The summed E-state index contributed by atoms with van der Waals surface area (Å²) < 4.78 is 24.9. The number of sulfonamides is 1. The van der Waals surface area contributed by atoms with Crippen molar-refractivity contribution in [3.63, 3.8) is 0 Å². The lowest BCUT2D eigenvalue weighted by Crippen LogP contribution is -2.23. The highest BCUT2D eigenvalue weighted by atomic mass is 32.2. The average Bonchev–Trinajstić information content (AvgIpc) is 2.90. The standard InChI is InChI=1S/C22H26N4O3S/c1-16(27)23-15-17-9-11-18(12-10-17)30(28,29)25-24-14-13-21-22(2,3)19-7-5-6-8-20(19)26(21)4/h5-14,25H,15H2,1-4H3,(H,23,27)/b21-13-,24-14-. The number of nitrogens with zero attached hydrogens (tertiary/aromatic N) is 2. The number of anilines is 1. The maximum Gasteiger partial charge on any atom is 0.276 e. The van der Waals surface area contributed by atoms with E-state index in [1.54, 1.807) is 12.1 Å². The molecular formula is C22H26N4O3S. The molecule has 0 fully saturated rings. The number of carbonyl (C=O) groups is 1. The van der Waals surface area contributed by atoms with E-state index < -0.39 is 10.0 Å². The lowest BCUT2D eigenvalue weighted by molar-refractivity contribution is -0.119. The second-order valence-corrected chi connectivity index (χ2v) is 9.34. The first kappa shape index (κ1) is 21.6. The molecule has 1 heterocycles. The maximum atomic E-state index is 12.5. The second-order valence-electron chi connectivity index (χ2n) is 7.68. The third-order valence-corrected chi connectivity index (χ3v) is 6.43. The fourth-order valence-electron chi connectivity index (χ4n) is 3.58. The Morgan fingerprint density at radius 2 is 1.80 bits per heavy atom.